The molecule has 0 saturated heterocycles. The van der Waals surface area contributed by atoms with E-state index in [1.807, 2.05) is 0 Å². The molecule has 1 rings (SSSR count). The zero-order valence-corrected chi connectivity index (χ0v) is 8.27. The minimum atomic E-state index is -1.36. The lowest BCUT2D eigenvalue weighted by molar-refractivity contribution is 0.0740. The number of rotatable bonds is 2. The molecule has 0 aliphatic carbocycles. The summed E-state index contributed by atoms with van der Waals surface area (Å²) in [5.74, 6) is -1.64. The number of halogens is 2. The molecule has 0 spiro atoms. The van der Waals surface area contributed by atoms with E-state index in [1.165, 1.54) is 21.0 Å². The molecule has 0 amide bonds. The molecule has 1 aromatic carbocycles. The third-order valence-corrected chi connectivity index (χ3v) is 1.90. The van der Waals surface area contributed by atoms with Crippen LogP contribution in [-0.2, 0) is 5.60 Å². The van der Waals surface area contributed by atoms with Crippen molar-refractivity contribution >= 4 is 0 Å². The van der Waals surface area contributed by atoms with E-state index in [2.05, 4.69) is 4.74 Å². The Bertz CT molecular complexity index is 343. The molecule has 2 nitrogen and oxygen atoms in total. The number of ether oxygens (including phenoxy) is 1. The molecule has 0 unspecified atom stereocenters. The summed E-state index contributed by atoms with van der Waals surface area (Å²) in [5.41, 5.74) is -1.35. The number of benzene rings is 1. The van der Waals surface area contributed by atoms with Crippen LogP contribution in [0, 0.1) is 11.6 Å². The van der Waals surface area contributed by atoms with Crippen LogP contribution in [-0.4, -0.2) is 12.2 Å². The number of hydrogen-bond acceptors (Lipinski definition) is 2. The smallest absolute Gasteiger partial charge is 0.167 e. The summed E-state index contributed by atoms with van der Waals surface area (Å²) >= 11 is 0. The summed E-state index contributed by atoms with van der Waals surface area (Å²) in [6.07, 6.45) is 0. The fourth-order valence-electron chi connectivity index (χ4n) is 1.15. The third kappa shape index (κ3) is 2.01. The first kappa shape index (κ1) is 10.9. The summed E-state index contributed by atoms with van der Waals surface area (Å²) in [4.78, 5) is 0. The Balaban J connectivity index is 3.32. The maximum absolute atomic E-state index is 13.2. The second-order valence-corrected chi connectivity index (χ2v) is 3.53. The summed E-state index contributed by atoms with van der Waals surface area (Å²) in [7, 11) is 1.28. The highest BCUT2D eigenvalue weighted by Crippen LogP contribution is 2.28. The Morgan fingerprint density at radius 2 is 1.79 bits per heavy atom. The average molecular weight is 202 g/mol. The molecule has 1 aromatic rings. The first-order chi connectivity index (χ1) is 6.36. The van der Waals surface area contributed by atoms with Crippen LogP contribution < -0.4 is 4.74 Å². The van der Waals surface area contributed by atoms with E-state index < -0.39 is 17.2 Å². The quantitative estimate of drug-likeness (QED) is 0.796. The van der Waals surface area contributed by atoms with Crippen molar-refractivity contribution < 1.29 is 18.6 Å². The van der Waals surface area contributed by atoms with E-state index in [0.717, 1.165) is 6.07 Å². The summed E-state index contributed by atoms with van der Waals surface area (Å²) in [6.45, 7) is 2.84. The molecule has 0 aromatic heterocycles. The van der Waals surface area contributed by atoms with Crippen molar-refractivity contribution in [3.63, 3.8) is 0 Å². The number of aliphatic hydroxyl groups is 1. The van der Waals surface area contributed by atoms with Gasteiger partial charge in [-0.3, -0.25) is 0 Å². The second kappa shape index (κ2) is 3.53. The van der Waals surface area contributed by atoms with Crippen molar-refractivity contribution in [2.75, 3.05) is 7.11 Å². The van der Waals surface area contributed by atoms with Gasteiger partial charge in [-0.15, -0.1) is 0 Å². The summed E-state index contributed by atoms with van der Waals surface area (Å²) in [6, 6.07) is 1.86. The molecular formula is C10H12F2O2. The maximum Gasteiger partial charge on any atom is 0.167 e. The van der Waals surface area contributed by atoms with Gasteiger partial charge in [0.05, 0.1) is 12.7 Å². The van der Waals surface area contributed by atoms with Crippen LogP contribution in [0.5, 0.6) is 5.75 Å². The van der Waals surface area contributed by atoms with Crippen molar-refractivity contribution in [3.8, 4) is 5.75 Å². The SMILES string of the molecule is COc1cc(C(C)(C)O)c(F)cc1F. The Labute approximate surface area is 81.1 Å². The van der Waals surface area contributed by atoms with Gasteiger partial charge in [-0.1, -0.05) is 0 Å². The average Bonchev–Trinajstić information content (AvgIpc) is 2.02. The third-order valence-electron chi connectivity index (χ3n) is 1.90. The van der Waals surface area contributed by atoms with Gasteiger partial charge in [0.2, 0.25) is 0 Å². The molecule has 0 radical (unpaired) electrons. The lowest BCUT2D eigenvalue weighted by Gasteiger charge is -2.19. The molecule has 0 aliphatic heterocycles. The highest BCUT2D eigenvalue weighted by molar-refractivity contribution is 5.34. The zero-order valence-electron chi connectivity index (χ0n) is 8.27. The monoisotopic (exact) mass is 202 g/mol. The molecule has 0 saturated carbocycles. The molecule has 0 bridgehead atoms. The van der Waals surface area contributed by atoms with Crippen molar-refractivity contribution in [1.29, 1.82) is 0 Å². The fourth-order valence-corrected chi connectivity index (χ4v) is 1.15. The zero-order chi connectivity index (χ0) is 10.9. The molecule has 0 atom stereocenters. The van der Waals surface area contributed by atoms with E-state index in [9.17, 15) is 13.9 Å². The van der Waals surface area contributed by atoms with Crippen molar-refractivity contribution in [2.45, 2.75) is 19.4 Å². The fraction of sp³-hybridized carbons (Fsp3) is 0.400. The first-order valence-corrected chi connectivity index (χ1v) is 4.12. The summed E-state index contributed by atoms with van der Waals surface area (Å²) in [5, 5.41) is 9.56. The van der Waals surface area contributed by atoms with Crippen LogP contribution in [0.1, 0.15) is 19.4 Å². The van der Waals surface area contributed by atoms with E-state index >= 15 is 0 Å². The van der Waals surface area contributed by atoms with Crippen LogP contribution in [0.4, 0.5) is 8.78 Å². The summed E-state index contributed by atoms with van der Waals surface area (Å²) < 4.78 is 30.9. The molecule has 0 fully saturated rings. The highest BCUT2D eigenvalue weighted by Gasteiger charge is 2.23. The largest absolute Gasteiger partial charge is 0.494 e. The van der Waals surface area contributed by atoms with Crippen LogP contribution in [0.15, 0.2) is 12.1 Å². The topological polar surface area (TPSA) is 29.5 Å². The maximum atomic E-state index is 13.2. The molecule has 14 heavy (non-hydrogen) atoms. The van der Waals surface area contributed by atoms with Crippen molar-refractivity contribution in [2.24, 2.45) is 0 Å². The van der Waals surface area contributed by atoms with E-state index in [-0.39, 0.29) is 11.3 Å². The normalized spacial score (nSPS) is 11.6. The Hall–Kier alpha value is -1.16. The predicted octanol–water partition coefficient (Wildman–Crippen LogP) is 2.20. The van der Waals surface area contributed by atoms with Gasteiger partial charge in [0, 0.05) is 11.6 Å². The molecule has 4 heteroatoms. The number of hydrogen-bond donors (Lipinski definition) is 1. The van der Waals surface area contributed by atoms with Crippen LogP contribution in [0.25, 0.3) is 0 Å². The number of methoxy groups -OCH3 is 1. The minimum absolute atomic E-state index is 0.00995. The van der Waals surface area contributed by atoms with E-state index in [4.69, 9.17) is 0 Å². The van der Waals surface area contributed by atoms with Crippen LogP contribution in [0.2, 0.25) is 0 Å². The predicted molar refractivity (Wildman–Crippen MR) is 48.2 cm³/mol. The molecule has 1 N–H and O–H groups in total. The lowest BCUT2D eigenvalue weighted by Crippen LogP contribution is -2.18. The van der Waals surface area contributed by atoms with Crippen molar-refractivity contribution in [3.05, 3.63) is 29.3 Å². The van der Waals surface area contributed by atoms with Crippen LogP contribution in [0.3, 0.4) is 0 Å². The molecular weight excluding hydrogens is 190 g/mol. The Morgan fingerprint density at radius 1 is 1.21 bits per heavy atom. The Kier molecular flexibility index (Phi) is 2.76. The highest BCUT2D eigenvalue weighted by atomic mass is 19.1. The second-order valence-electron chi connectivity index (χ2n) is 3.53. The van der Waals surface area contributed by atoms with Gasteiger partial charge in [0.15, 0.2) is 11.6 Å². The Morgan fingerprint density at radius 3 is 2.21 bits per heavy atom. The molecule has 0 aliphatic rings. The standard InChI is InChI=1S/C10H12F2O2/c1-10(2,13)6-4-9(14-3)8(12)5-7(6)11/h4-5,13H,1-3H3. The lowest BCUT2D eigenvalue weighted by atomic mass is 9.97. The van der Waals surface area contributed by atoms with Gasteiger partial charge in [-0.25, -0.2) is 8.78 Å². The van der Waals surface area contributed by atoms with Gasteiger partial charge in [0.1, 0.15) is 5.82 Å². The van der Waals surface area contributed by atoms with Gasteiger partial charge in [-0.2, -0.15) is 0 Å². The van der Waals surface area contributed by atoms with E-state index in [0.29, 0.717) is 6.07 Å². The molecule has 78 valence electrons. The van der Waals surface area contributed by atoms with Gasteiger partial charge >= 0.3 is 0 Å². The van der Waals surface area contributed by atoms with Gasteiger partial charge < -0.3 is 9.84 Å². The van der Waals surface area contributed by atoms with E-state index in [1.54, 1.807) is 0 Å². The first-order valence-electron chi connectivity index (χ1n) is 4.12. The van der Waals surface area contributed by atoms with Crippen LogP contribution >= 0.6 is 0 Å². The van der Waals surface area contributed by atoms with Crippen molar-refractivity contribution in [1.82, 2.24) is 0 Å². The van der Waals surface area contributed by atoms with Gasteiger partial charge in [-0.05, 0) is 19.9 Å². The molecule has 0 heterocycles. The minimum Gasteiger partial charge on any atom is -0.494 e. The van der Waals surface area contributed by atoms with Gasteiger partial charge in [0.25, 0.3) is 0 Å².